The van der Waals surface area contributed by atoms with Crippen molar-refractivity contribution in [1.82, 2.24) is 10.2 Å². The molecule has 34 heavy (non-hydrogen) atoms. The number of amides is 1. The quantitative estimate of drug-likeness (QED) is 0.433. The van der Waals surface area contributed by atoms with Crippen molar-refractivity contribution >= 4 is 11.9 Å². The molecule has 2 N–H and O–H groups in total. The molecule has 0 spiro atoms. The molecule has 0 fully saturated rings. The number of methoxy groups -OCH3 is 1. The molecular formula is C25H24F2N2O5. The van der Waals surface area contributed by atoms with Crippen molar-refractivity contribution in [3.63, 3.8) is 0 Å². The lowest BCUT2D eigenvalue weighted by Crippen LogP contribution is -2.40. The van der Waals surface area contributed by atoms with E-state index < -0.39 is 29.6 Å². The van der Waals surface area contributed by atoms with Gasteiger partial charge in [0.05, 0.1) is 12.7 Å². The van der Waals surface area contributed by atoms with Crippen molar-refractivity contribution in [3.8, 4) is 0 Å². The van der Waals surface area contributed by atoms with Crippen molar-refractivity contribution < 1.29 is 33.0 Å². The minimum Gasteiger partial charge on any atom is -0.488 e. The third kappa shape index (κ3) is 5.68. The number of esters is 1. The summed E-state index contributed by atoms with van der Waals surface area (Å²) in [5.41, 5.74) is 0.621. The van der Waals surface area contributed by atoms with Crippen LogP contribution in [-0.2, 0) is 32.2 Å². The fourth-order valence-electron chi connectivity index (χ4n) is 3.32. The molecule has 2 aromatic carbocycles. The predicted molar refractivity (Wildman–Crippen MR) is 119 cm³/mol. The van der Waals surface area contributed by atoms with E-state index in [0.29, 0.717) is 6.07 Å². The molecule has 178 valence electrons. The van der Waals surface area contributed by atoms with Crippen LogP contribution in [0.3, 0.4) is 0 Å². The molecule has 0 aromatic heterocycles. The predicted octanol–water partition coefficient (Wildman–Crippen LogP) is 2.93. The second kappa shape index (κ2) is 11.2. The third-order valence-electron chi connectivity index (χ3n) is 5.02. The van der Waals surface area contributed by atoms with Gasteiger partial charge in [-0.15, -0.1) is 6.58 Å². The van der Waals surface area contributed by atoms with E-state index in [4.69, 9.17) is 9.47 Å². The van der Waals surface area contributed by atoms with Crippen LogP contribution in [0.1, 0.15) is 11.1 Å². The first-order chi connectivity index (χ1) is 16.3. The minimum atomic E-state index is -1.60. The Hall–Kier alpha value is -3.98. The van der Waals surface area contributed by atoms with Crippen LogP contribution in [-0.4, -0.2) is 41.6 Å². The summed E-state index contributed by atoms with van der Waals surface area (Å²) in [5, 5.41) is 13.5. The Morgan fingerprint density at radius 1 is 1.21 bits per heavy atom. The van der Waals surface area contributed by atoms with Gasteiger partial charge in [0.1, 0.15) is 24.3 Å². The van der Waals surface area contributed by atoms with Crippen LogP contribution in [0, 0.1) is 11.6 Å². The van der Waals surface area contributed by atoms with Crippen LogP contribution >= 0.6 is 0 Å². The molecule has 9 heteroatoms. The molecule has 0 saturated heterocycles. The number of nitrogens with one attached hydrogen (secondary N) is 1. The fraction of sp³-hybridized carbons (Fsp3) is 0.200. The molecule has 1 unspecified atom stereocenters. The van der Waals surface area contributed by atoms with Crippen LogP contribution < -0.4 is 5.32 Å². The Morgan fingerprint density at radius 3 is 2.59 bits per heavy atom. The number of halogens is 2. The largest absolute Gasteiger partial charge is 0.488 e. The Kier molecular flexibility index (Phi) is 8.15. The zero-order valence-electron chi connectivity index (χ0n) is 18.5. The van der Waals surface area contributed by atoms with E-state index >= 15 is 0 Å². The fourth-order valence-corrected chi connectivity index (χ4v) is 3.32. The van der Waals surface area contributed by atoms with Gasteiger partial charge in [-0.2, -0.15) is 0 Å². The van der Waals surface area contributed by atoms with Gasteiger partial charge >= 0.3 is 5.97 Å². The van der Waals surface area contributed by atoms with E-state index in [1.54, 1.807) is 12.1 Å². The maximum Gasteiger partial charge on any atom is 0.358 e. The highest BCUT2D eigenvalue weighted by Gasteiger charge is 2.37. The number of rotatable bonds is 9. The molecule has 7 nitrogen and oxygen atoms in total. The lowest BCUT2D eigenvalue weighted by Gasteiger charge is -2.32. The number of hydrogen-bond donors (Lipinski definition) is 2. The minimum absolute atomic E-state index is 0.0192. The number of ether oxygens (including phenoxy) is 2. The summed E-state index contributed by atoms with van der Waals surface area (Å²) >= 11 is 0. The maximum atomic E-state index is 13.9. The molecule has 0 radical (unpaired) electrons. The average molecular weight is 470 g/mol. The highest BCUT2D eigenvalue weighted by atomic mass is 19.1. The average Bonchev–Trinajstić information content (AvgIpc) is 2.83. The van der Waals surface area contributed by atoms with Gasteiger partial charge in [0.25, 0.3) is 5.91 Å². The number of aliphatic hydroxyl groups is 1. The highest BCUT2D eigenvalue weighted by Crippen LogP contribution is 2.29. The SMILES string of the molecule is C=CCN1C=C(C(=O)NCc2ccc(F)cc2F)C(O)C(OCc2ccccc2)=C1C(=O)OC. The van der Waals surface area contributed by atoms with Crippen molar-refractivity contribution in [2.75, 3.05) is 13.7 Å². The summed E-state index contributed by atoms with van der Waals surface area (Å²) in [7, 11) is 1.19. The van der Waals surface area contributed by atoms with Crippen LogP contribution in [0.15, 0.2) is 84.4 Å². The standard InChI is InChI=1S/C25H24F2N2O5/c1-3-11-29-14-19(24(31)28-13-17-9-10-18(26)12-20(17)27)22(30)23(21(29)25(32)33-2)34-15-16-7-5-4-6-8-16/h3-10,12,14,22,30H,1,11,13,15H2,2H3,(H,28,31). The summed E-state index contributed by atoms with van der Waals surface area (Å²) in [5.74, 6) is -3.22. The van der Waals surface area contributed by atoms with Crippen LogP contribution in [0.25, 0.3) is 0 Å². The Bertz CT molecular complexity index is 1130. The van der Waals surface area contributed by atoms with Gasteiger partial charge in [-0.25, -0.2) is 13.6 Å². The van der Waals surface area contributed by atoms with Crippen LogP contribution in [0.2, 0.25) is 0 Å². The Morgan fingerprint density at radius 2 is 1.94 bits per heavy atom. The highest BCUT2D eigenvalue weighted by molar-refractivity contribution is 5.97. The van der Waals surface area contributed by atoms with Gasteiger partial charge in [0.2, 0.25) is 0 Å². The van der Waals surface area contributed by atoms with Crippen molar-refractivity contribution in [2.45, 2.75) is 19.3 Å². The summed E-state index contributed by atoms with van der Waals surface area (Å²) in [4.78, 5) is 26.8. The number of aliphatic hydroxyl groups excluding tert-OH is 1. The van der Waals surface area contributed by atoms with E-state index in [1.165, 1.54) is 30.4 Å². The first-order valence-electron chi connectivity index (χ1n) is 10.3. The topological polar surface area (TPSA) is 88.1 Å². The molecular weight excluding hydrogens is 446 g/mol. The first-order valence-corrected chi connectivity index (χ1v) is 10.3. The van der Waals surface area contributed by atoms with Crippen molar-refractivity contribution in [1.29, 1.82) is 0 Å². The number of carbonyl (C=O) groups excluding carboxylic acids is 2. The lowest BCUT2D eigenvalue weighted by atomic mass is 10.0. The summed E-state index contributed by atoms with van der Waals surface area (Å²) < 4.78 is 37.7. The van der Waals surface area contributed by atoms with Crippen molar-refractivity contribution in [3.05, 3.63) is 107 Å². The molecule has 0 aliphatic carbocycles. The van der Waals surface area contributed by atoms with E-state index in [2.05, 4.69) is 11.9 Å². The normalized spacial score (nSPS) is 15.5. The van der Waals surface area contributed by atoms with E-state index in [9.17, 15) is 23.5 Å². The number of benzene rings is 2. The molecule has 0 bridgehead atoms. The molecule has 1 heterocycles. The van der Waals surface area contributed by atoms with Crippen LogP contribution in [0.5, 0.6) is 0 Å². The van der Waals surface area contributed by atoms with Gasteiger partial charge in [-0.1, -0.05) is 42.5 Å². The summed E-state index contributed by atoms with van der Waals surface area (Å²) in [6.07, 6.45) is 1.18. The zero-order chi connectivity index (χ0) is 24.7. The number of carbonyl (C=O) groups is 2. The Balaban J connectivity index is 1.87. The molecule has 1 aliphatic heterocycles. The zero-order valence-corrected chi connectivity index (χ0v) is 18.5. The molecule has 0 saturated carbocycles. The monoisotopic (exact) mass is 470 g/mol. The molecule has 3 rings (SSSR count). The van der Waals surface area contributed by atoms with Gasteiger partial charge < -0.3 is 24.8 Å². The third-order valence-corrected chi connectivity index (χ3v) is 5.02. The van der Waals surface area contributed by atoms with Gasteiger partial charge in [0.15, 0.2) is 11.5 Å². The summed E-state index contributed by atoms with van der Waals surface area (Å²) in [6, 6.07) is 12.1. The van der Waals surface area contributed by atoms with Gasteiger partial charge in [-0.05, 0) is 11.6 Å². The second-order valence-corrected chi connectivity index (χ2v) is 7.33. The molecule has 1 atom stereocenters. The van der Waals surface area contributed by atoms with Gasteiger partial charge in [-0.3, -0.25) is 4.79 Å². The van der Waals surface area contributed by atoms with Gasteiger partial charge in [0, 0.05) is 30.9 Å². The number of nitrogens with zero attached hydrogens (tertiary/aromatic N) is 1. The number of hydrogen-bond acceptors (Lipinski definition) is 6. The lowest BCUT2D eigenvalue weighted by molar-refractivity contribution is -0.138. The Labute approximate surface area is 195 Å². The molecule has 2 aromatic rings. The smallest absolute Gasteiger partial charge is 0.358 e. The van der Waals surface area contributed by atoms with Crippen LogP contribution in [0.4, 0.5) is 8.78 Å². The first kappa shape index (κ1) is 24.7. The van der Waals surface area contributed by atoms with E-state index in [-0.39, 0.29) is 42.3 Å². The summed E-state index contributed by atoms with van der Waals surface area (Å²) in [6.45, 7) is 3.54. The molecule has 1 aliphatic rings. The maximum absolute atomic E-state index is 13.9. The van der Waals surface area contributed by atoms with Crippen molar-refractivity contribution in [2.24, 2.45) is 0 Å². The second-order valence-electron chi connectivity index (χ2n) is 7.33. The van der Waals surface area contributed by atoms with E-state index in [0.717, 1.165) is 11.6 Å². The molecule has 1 amide bonds. The van der Waals surface area contributed by atoms with E-state index in [1.807, 2.05) is 18.2 Å².